The first-order valence-corrected chi connectivity index (χ1v) is 12.0. The molecule has 2 fully saturated rings. The maximum Gasteiger partial charge on any atom is 0.251 e. The monoisotopic (exact) mass is 433 g/mol. The molecule has 0 spiro atoms. The van der Waals surface area contributed by atoms with E-state index in [4.69, 9.17) is 0 Å². The molecule has 1 aromatic carbocycles. The average Bonchev–Trinajstić information content (AvgIpc) is 2.77. The number of amides is 2. The number of nitrogens with zero attached hydrogens (tertiary/aromatic N) is 2. The number of nitrogens with one attached hydrogen (secondary N) is 1. The smallest absolute Gasteiger partial charge is 0.251 e. The fourth-order valence-corrected chi connectivity index (χ4v) is 5.56. The Bertz CT molecular complexity index is 883. The summed E-state index contributed by atoms with van der Waals surface area (Å²) >= 11 is 0. The largest absolute Gasteiger partial charge is 0.349 e. The van der Waals surface area contributed by atoms with Gasteiger partial charge in [0.05, 0.1) is 4.90 Å². The molecular formula is C22H31N3O4S. The Hall–Kier alpha value is -2.19. The van der Waals surface area contributed by atoms with Gasteiger partial charge in [0.2, 0.25) is 15.9 Å². The Kier molecular flexibility index (Phi) is 7.31. The Morgan fingerprint density at radius 2 is 1.80 bits per heavy atom. The molecule has 0 atom stereocenters. The van der Waals surface area contributed by atoms with Crippen molar-refractivity contribution in [3.8, 4) is 0 Å². The van der Waals surface area contributed by atoms with Gasteiger partial charge in [-0.3, -0.25) is 9.59 Å². The quantitative estimate of drug-likeness (QED) is 0.697. The van der Waals surface area contributed by atoms with E-state index in [9.17, 15) is 18.0 Å². The predicted molar refractivity (Wildman–Crippen MR) is 115 cm³/mol. The average molecular weight is 434 g/mol. The van der Waals surface area contributed by atoms with Crippen molar-refractivity contribution in [3.05, 3.63) is 42.5 Å². The summed E-state index contributed by atoms with van der Waals surface area (Å²) in [6.45, 7) is 8.32. The topological polar surface area (TPSA) is 86.8 Å². The predicted octanol–water partition coefficient (Wildman–Crippen LogP) is 2.26. The van der Waals surface area contributed by atoms with Gasteiger partial charge < -0.3 is 10.2 Å². The van der Waals surface area contributed by atoms with Crippen LogP contribution in [0, 0.1) is 11.8 Å². The van der Waals surface area contributed by atoms with E-state index in [-0.39, 0.29) is 22.6 Å². The summed E-state index contributed by atoms with van der Waals surface area (Å²) in [5.41, 5.74) is 0.294. The summed E-state index contributed by atoms with van der Waals surface area (Å²) < 4.78 is 27.6. The molecule has 2 heterocycles. The first kappa shape index (κ1) is 22.5. The fourth-order valence-electron chi connectivity index (χ4n) is 4.04. The third-order valence-corrected chi connectivity index (χ3v) is 7.93. The molecule has 2 amide bonds. The lowest BCUT2D eigenvalue weighted by atomic mass is 9.93. The van der Waals surface area contributed by atoms with Crippen LogP contribution in [-0.4, -0.2) is 62.2 Å². The van der Waals surface area contributed by atoms with Crippen LogP contribution < -0.4 is 5.32 Å². The summed E-state index contributed by atoms with van der Waals surface area (Å²) in [5, 5.41) is 2.65. The van der Waals surface area contributed by atoms with Crippen LogP contribution in [0.5, 0.6) is 0 Å². The van der Waals surface area contributed by atoms with Gasteiger partial charge >= 0.3 is 0 Å². The van der Waals surface area contributed by atoms with Crippen LogP contribution in [0.1, 0.15) is 43.0 Å². The van der Waals surface area contributed by atoms with E-state index in [0.717, 1.165) is 25.9 Å². The van der Waals surface area contributed by atoms with Crippen LogP contribution in [0.25, 0.3) is 0 Å². The second-order valence-electron chi connectivity index (χ2n) is 8.21. The van der Waals surface area contributed by atoms with Crippen molar-refractivity contribution in [2.75, 3.05) is 32.7 Å². The summed E-state index contributed by atoms with van der Waals surface area (Å²) in [6, 6.07) is 6.07. The number of carbonyl (C=O) groups is 2. The van der Waals surface area contributed by atoms with Gasteiger partial charge in [0, 0.05) is 44.2 Å². The molecule has 30 heavy (non-hydrogen) atoms. The van der Waals surface area contributed by atoms with Gasteiger partial charge in [-0.05, 0) is 49.8 Å². The van der Waals surface area contributed by atoms with Crippen molar-refractivity contribution in [1.29, 1.82) is 0 Å². The zero-order valence-electron chi connectivity index (χ0n) is 17.5. The standard InChI is InChI=1S/C22H31N3O4S/c1-3-11-23-21(26)19-5-4-6-20(16-19)30(28,29)25-14-9-18(10-15-25)22(27)24-12-7-17(2)8-13-24/h3-6,16-18H,1,7-15H2,2H3,(H,23,26). The van der Waals surface area contributed by atoms with Crippen LogP contribution in [0.3, 0.4) is 0 Å². The van der Waals surface area contributed by atoms with Crippen molar-refractivity contribution in [2.45, 2.75) is 37.5 Å². The second-order valence-corrected chi connectivity index (χ2v) is 10.2. The molecule has 0 unspecified atom stereocenters. The van der Waals surface area contributed by atoms with Gasteiger partial charge in [0.15, 0.2) is 0 Å². The summed E-state index contributed by atoms with van der Waals surface area (Å²) in [5.74, 6) is 0.378. The lowest BCUT2D eigenvalue weighted by Crippen LogP contribution is -2.46. The zero-order valence-corrected chi connectivity index (χ0v) is 18.4. The van der Waals surface area contributed by atoms with Crippen LogP contribution in [0.15, 0.2) is 41.8 Å². The van der Waals surface area contributed by atoms with Gasteiger partial charge in [0.25, 0.3) is 5.91 Å². The van der Waals surface area contributed by atoms with Gasteiger partial charge in [-0.15, -0.1) is 6.58 Å². The van der Waals surface area contributed by atoms with Crippen molar-refractivity contribution >= 4 is 21.8 Å². The van der Waals surface area contributed by atoms with E-state index in [1.165, 1.54) is 16.4 Å². The van der Waals surface area contributed by atoms with Gasteiger partial charge in [-0.1, -0.05) is 19.1 Å². The van der Waals surface area contributed by atoms with Crippen LogP contribution >= 0.6 is 0 Å². The van der Waals surface area contributed by atoms with Crippen LogP contribution in [-0.2, 0) is 14.8 Å². The van der Waals surface area contributed by atoms with Crippen LogP contribution in [0.2, 0.25) is 0 Å². The number of hydrogen-bond donors (Lipinski definition) is 1. The first-order valence-electron chi connectivity index (χ1n) is 10.6. The minimum Gasteiger partial charge on any atom is -0.349 e. The van der Waals surface area contributed by atoms with E-state index in [2.05, 4.69) is 18.8 Å². The zero-order chi connectivity index (χ0) is 21.7. The first-order chi connectivity index (χ1) is 14.3. The third-order valence-electron chi connectivity index (χ3n) is 6.04. The summed E-state index contributed by atoms with van der Waals surface area (Å²) in [4.78, 5) is 27.0. The molecule has 7 nitrogen and oxygen atoms in total. The normalized spacial score (nSPS) is 19.4. The molecule has 2 saturated heterocycles. The maximum atomic E-state index is 13.1. The number of carbonyl (C=O) groups excluding carboxylic acids is 2. The molecule has 8 heteroatoms. The van der Waals surface area contributed by atoms with E-state index in [0.29, 0.717) is 44.0 Å². The molecule has 164 valence electrons. The highest BCUT2D eigenvalue weighted by molar-refractivity contribution is 7.89. The SMILES string of the molecule is C=CCNC(=O)c1cccc(S(=O)(=O)N2CCC(C(=O)N3CCC(C)CC3)CC2)c1. The summed E-state index contributed by atoms with van der Waals surface area (Å²) in [6.07, 6.45) is 4.70. The highest BCUT2D eigenvalue weighted by Gasteiger charge is 2.34. The Balaban J connectivity index is 1.62. The van der Waals surface area contributed by atoms with Gasteiger partial charge in [0.1, 0.15) is 0 Å². The molecule has 0 aromatic heterocycles. The minimum atomic E-state index is -3.71. The van der Waals surface area contributed by atoms with E-state index in [1.54, 1.807) is 18.2 Å². The fraction of sp³-hybridized carbons (Fsp3) is 0.545. The number of rotatable bonds is 6. The number of piperidine rings is 2. The molecule has 0 aliphatic carbocycles. The Labute approximate surface area is 179 Å². The van der Waals surface area contributed by atoms with Crippen molar-refractivity contribution in [3.63, 3.8) is 0 Å². The minimum absolute atomic E-state index is 0.101. The summed E-state index contributed by atoms with van der Waals surface area (Å²) in [7, 11) is -3.71. The molecule has 2 aliphatic heterocycles. The number of hydrogen-bond acceptors (Lipinski definition) is 4. The highest BCUT2D eigenvalue weighted by Crippen LogP contribution is 2.27. The maximum absolute atomic E-state index is 13.1. The van der Waals surface area contributed by atoms with E-state index in [1.807, 2.05) is 4.90 Å². The highest BCUT2D eigenvalue weighted by atomic mass is 32.2. The molecule has 1 aromatic rings. The molecule has 1 N–H and O–H groups in total. The van der Waals surface area contributed by atoms with Crippen molar-refractivity contribution in [1.82, 2.24) is 14.5 Å². The lowest BCUT2D eigenvalue weighted by Gasteiger charge is -2.36. The molecule has 0 radical (unpaired) electrons. The molecule has 3 rings (SSSR count). The number of benzene rings is 1. The van der Waals surface area contributed by atoms with Crippen molar-refractivity contribution < 1.29 is 18.0 Å². The molecule has 2 aliphatic rings. The van der Waals surface area contributed by atoms with E-state index < -0.39 is 10.0 Å². The lowest BCUT2D eigenvalue weighted by molar-refractivity contribution is -0.138. The van der Waals surface area contributed by atoms with Crippen LogP contribution in [0.4, 0.5) is 0 Å². The van der Waals surface area contributed by atoms with Gasteiger partial charge in [-0.25, -0.2) is 8.42 Å². The Morgan fingerprint density at radius 1 is 1.13 bits per heavy atom. The number of sulfonamides is 1. The second kappa shape index (κ2) is 9.75. The van der Waals surface area contributed by atoms with E-state index >= 15 is 0 Å². The third kappa shape index (κ3) is 5.10. The Morgan fingerprint density at radius 3 is 2.43 bits per heavy atom. The van der Waals surface area contributed by atoms with Gasteiger partial charge in [-0.2, -0.15) is 4.31 Å². The molecule has 0 saturated carbocycles. The van der Waals surface area contributed by atoms with Crippen molar-refractivity contribution in [2.24, 2.45) is 11.8 Å². The molecular weight excluding hydrogens is 402 g/mol. The molecule has 0 bridgehead atoms. The number of likely N-dealkylation sites (tertiary alicyclic amines) is 1.